The summed E-state index contributed by atoms with van der Waals surface area (Å²) in [5.74, 6) is -1.16. The second-order valence-electron chi connectivity index (χ2n) is 6.64. The van der Waals surface area contributed by atoms with Crippen LogP contribution >= 0.6 is 0 Å². The lowest BCUT2D eigenvalue weighted by Crippen LogP contribution is -2.37. The second kappa shape index (κ2) is 9.63. The number of aryl methyl sites for hydroxylation is 2. The van der Waals surface area contributed by atoms with Crippen LogP contribution in [0.4, 0.5) is 5.69 Å². The van der Waals surface area contributed by atoms with Crippen molar-refractivity contribution in [3.8, 4) is 0 Å². The van der Waals surface area contributed by atoms with Gasteiger partial charge in [0.15, 0.2) is 0 Å². The zero-order valence-electron chi connectivity index (χ0n) is 15.9. The molecule has 0 bridgehead atoms. The molecule has 28 heavy (non-hydrogen) atoms. The number of nitrogens with one attached hydrogen (secondary N) is 1. The zero-order chi connectivity index (χ0) is 20.7. The Hall–Kier alpha value is -3.23. The lowest BCUT2D eigenvalue weighted by atomic mass is 10.0. The van der Waals surface area contributed by atoms with Gasteiger partial charge in [0.2, 0.25) is 5.91 Å². The molecule has 2 N–H and O–H groups in total. The number of amides is 1. The summed E-state index contributed by atoms with van der Waals surface area (Å²) in [6.45, 7) is 3.37. The molecule has 0 fully saturated rings. The average molecular weight is 388 g/mol. The summed E-state index contributed by atoms with van der Waals surface area (Å²) in [6.07, 6.45) is 0.908. The minimum atomic E-state index is -0.915. The largest absolute Gasteiger partial charge is 0.481 e. The fourth-order valence-electron chi connectivity index (χ4n) is 3.10. The molecule has 0 aliphatic rings. The Kier molecular flexibility index (Phi) is 7.25. The number of aliphatic carboxylic acids is 1. The van der Waals surface area contributed by atoms with Crippen LogP contribution in [0.3, 0.4) is 0 Å². The van der Waals surface area contributed by atoms with E-state index in [1.54, 1.807) is 13.8 Å². The minimum Gasteiger partial charge on any atom is -0.481 e. The Bertz CT molecular complexity index is 848. The Labute approximate surface area is 162 Å². The van der Waals surface area contributed by atoms with E-state index in [4.69, 9.17) is 5.11 Å². The van der Waals surface area contributed by atoms with Gasteiger partial charge in [-0.3, -0.25) is 24.4 Å². The van der Waals surface area contributed by atoms with E-state index in [1.165, 1.54) is 4.68 Å². The fourth-order valence-corrected chi connectivity index (χ4v) is 3.10. The molecule has 9 heteroatoms. The lowest BCUT2D eigenvalue weighted by molar-refractivity contribution is -0.386. The normalized spacial score (nSPS) is 11.8. The number of benzene rings is 1. The second-order valence-corrected chi connectivity index (χ2v) is 6.64. The number of rotatable bonds is 10. The van der Waals surface area contributed by atoms with Crippen LogP contribution in [0.5, 0.6) is 0 Å². The molecule has 0 saturated carbocycles. The first-order chi connectivity index (χ1) is 13.3. The van der Waals surface area contributed by atoms with E-state index in [2.05, 4.69) is 10.4 Å². The monoisotopic (exact) mass is 388 g/mol. The molecule has 1 aromatic carbocycles. The summed E-state index contributed by atoms with van der Waals surface area (Å²) in [5, 5.41) is 27.0. The minimum absolute atomic E-state index is 0.0381. The van der Waals surface area contributed by atoms with Gasteiger partial charge in [0.1, 0.15) is 11.4 Å². The molecule has 1 amide bonds. The predicted molar refractivity (Wildman–Crippen MR) is 102 cm³/mol. The first-order valence-corrected chi connectivity index (χ1v) is 9.01. The molecule has 0 spiro atoms. The number of carboxylic acids is 1. The molecule has 1 aromatic heterocycles. The topological polar surface area (TPSA) is 127 Å². The summed E-state index contributed by atoms with van der Waals surface area (Å²) in [5.41, 5.74) is 1.68. The third-order valence-corrected chi connectivity index (χ3v) is 4.47. The fraction of sp³-hybridized carbons (Fsp3) is 0.421. The molecule has 1 unspecified atom stereocenters. The molecule has 1 heterocycles. The number of hydrogen-bond acceptors (Lipinski definition) is 5. The number of aromatic nitrogens is 2. The smallest absolute Gasteiger partial charge is 0.312 e. The third-order valence-electron chi connectivity index (χ3n) is 4.47. The molecule has 1 atom stereocenters. The van der Waals surface area contributed by atoms with Crippen molar-refractivity contribution >= 4 is 17.6 Å². The molecular formula is C19H24N4O5. The number of carbonyl (C=O) groups is 2. The van der Waals surface area contributed by atoms with Crippen LogP contribution in [0.2, 0.25) is 0 Å². The van der Waals surface area contributed by atoms with Crippen molar-refractivity contribution in [3.63, 3.8) is 0 Å². The van der Waals surface area contributed by atoms with Gasteiger partial charge in [0.25, 0.3) is 0 Å². The lowest BCUT2D eigenvalue weighted by Gasteiger charge is -2.18. The average Bonchev–Trinajstić information content (AvgIpc) is 2.92. The van der Waals surface area contributed by atoms with Crippen molar-refractivity contribution in [2.45, 2.75) is 52.1 Å². The van der Waals surface area contributed by atoms with Crippen LogP contribution in [-0.2, 0) is 22.6 Å². The van der Waals surface area contributed by atoms with E-state index in [0.717, 1.165) is 5.56 Å². The number of nitrogens with zero attached hydrogens (tertiary/aromatic N) is 3. The van der Waals surface area contributed by atoms with E-state index < -0.39 is 10.9 Å². The summed E-state index contributed by atoms with van der Waals surface area (Å²) in [4.78, 5) is 33.9. The van der Waals surface area contributed by atoms with Crippen molar-refractivity contribution < 1.29 is 19.6 Å². The van der Waals surface area contributed by atoms with Gasteiger partial charge >= 0.3 is 11.7 Å². The van der Waals surface area contributed by atoms with Gasteiger partial charge in [0.05, 0.1) is 11.5 Å². The van der Waals surface area contributed by atoms with Crippen molar-refractivity contribution in [2.24, 2.45) is 0 Å². The highest BCUT2D eigenvalue weighted by molar-refractivity contribution is 5.76. The van der Waals surface area contributed by atoms with E-state index in [0.29, 0.717) is 24.2 Å². The highest BCUT2D eigenvalue weighted by Gasteiger charge is 2.22. The van der Waals surface area contributed by atoms with Crippen LogP contribution in [0.25, 0.3) is 0 Å². The summed E-state index contributed by atoms with van der Waals surface area (Å²) < 4.78 is 1.45. The number of hydrogen-bond donors (Lipinski definition) is 2. The summed E-state index contributed by atoms with van der Waals surface area (Å²) in [6, 6.07) is 9.22. The van der Waals surface area contributed by atoms with Gasteiger partial charge in [-0.1, -0.05) is 30.3 Å². The Morgan fingerprint density at radius 2 is 1.93 bits per heavy atom. The van der Waals surface area contributed by atoms with E-state index in [1.807, 2.05) is 30.3 Å². The Balaban J connectivity index is 1.98. The van der Waals surface area contributed by atoms with Crippen molar-refractivity contribution in [2.75, 3.05) is 0 Å². The van der Waals surface area contributed by atoms with Crippen molar-refractivity contribution in [3.05, 3.63) is 57.4 Å². The van der Waals surface area contributed by atoms with Crippen LogP contribution in [0, 0.1) is 24.0 Å². The van der Waals surface area contributed by atoms with E-state index in [-0.39, 0.29) is 37.0 Å². The summed E-state index contributed by atoms with van der Waals surface area (Å²) >= 11 is 0. The van der Waals surface area contributed by atoms with Gasteiger partial charge in [-0.15, -0.1) is 0 Å². The first kappa shape index (κ1) is 21.1. The van der Waals surface area contributed by atoms with Gasteiger partial charge in [-0.05, 0) is 32.3 Å². The maximum absolute atomic E-state index is 12.4. The van der Waals surface area contributed by atoms with Crippen LogP contribution in [0.1, 0.15) is 36.2 Å². The Morgan fingerprint density at radius 3 is 2.50 bits per heavy atom. The maximum atomic E-state index is 12.4. The molecule has 0 aliphatic carbocycles. The molecule has 9 nitrogen and oxygen atoms in total. The number of nitro groups is 1. The number of carbonyl (C=O) groups excluding carboxylic acids is 1. The van der Waals surface area contributed by atoms with E-state index >= 15 is 0 Å². The maximum Gasteiger partial charge on any atom is 0.312 e. The van der Waals surface area contributed by atoms with Crippen molar-refractivity contribution in [1.29, 1.82) is 0 Å². The molecular weight excluding hydrogens is 364 g/mol. The van der Waals surface area contributed by atoms with Crippen molar-refractivity contribution in [1.82, 2.24) is 15.1 Å². The van der Waals surface area contributed by atoms with Crippen LogP contribution in [0.15, 0.2) is 30.3 Å². The first-order valence-electron chi connectivity index (χ1n) is 9.01. The molecule has 2 rings (SSSR count). The van der Waals surface area contributed by atoms with E-state index in [9.17, 15) is 19.7 Å². The number of carboxylic acid groups (broad SMARTS) is 1. The Morgan fingerprint density at radius 1 is 1.25 bits per heavy atom. The molecule has 0 saturated heterocycles. The molecule has 0 aliphatic heterocycles. The van der Waals surface area contributed by atoms with Gasteiger partial charge in [-0.2, -0.15) is 5.10 Å². The SMILES string of the molecule is Cc1nn(CCC(=O)NC(CCC(=O)O)Cc2ccccc2)c(C)c1[N+](=O)[O-]. The molecule has 150 valence electrons. The quantitative estimate of drug-likeness (QED) is 0.475. The zero-order valence-corrected chi connectivity index (χ0v) is 15.9. The van der Waals surface area contributed by atoms with Crippen LogP contribution in [-0.4, -0.2) is 37.7 Å². The standard InChI is InChI=1S/C19H24N4O5/c1-13-19(23(27)28)14(2)22(21-13)11-10-17(24)20-16(8-9-18(25)26)12-15-6-4-3-5-7-15/h3-7,16H,8-12H2,1-2H3,(H,20,24)(H,25,26). The van der Waals surface area contributed by atoms with Gasteiger partial charge in [-0.25, -0.2) is 0 Å². The predicted octanol–water partition coefficient (Wildman–Crippen LogP) is 2.39. The highest BCUT2D eigenvalue weighted by atomic mass is 16.6. The van der Waals surface area contributed by atoms with Gasteiger partial charge in [0, 0.05) is 18.9 Å². The van der Waals surface area contributed by atoms with Crippen LogP contribution < -0.4 is 5.32 Å². The molecule has 0 radical (unpaired) electrons. The molecule has 2 aromatic rings. The summed E-state index contributed by atoms with van der Waals surface area (Å²) in [7, 11) is 0. The van der Waals surface area contributed by atoms with Gasteiger partial charge < -0.3 is 10.4 Å². The highest BCUT2D eigenvalue weighted by Crippen LogP contribution is 2.21. The third kappa shape index (κ3) is 5.90.